The van der Waals surface area contributed by atoms with Gasteiger partial charge in [-0.25, -0.2) is 0 Å². The number of aromatic nitrogens is 2. The van der Waals surface area contributed by atoms with Crippen molar-refractivity contribution in [1.29, 1.82) is 0 Å². The highest BCUT2D eigenvalue weighted by Gasteiger charge is 2.36. The summed E-state index contributed by atoms with van der Waals surface area (Å²) in [6.45, 7) is 0.659. The van der Waals surface area contributed by atoms with Crippen molar-refractivity contribution in [2.75, 3.05) is 7.11 Å². The van der Waals surface area contributed by atoms with E-state index in [1.165, 1.54) is 25.7 Å². The van der Waals surface area contributed by atoms with Crippen LogP contribution in [0.1, 0.15) is 49.7 Å². The lowest BCUT2D eigenvalue weighted by Gasteiger charge is -2.15. The summed E-state index contributed by atoms with van der Waals surface area (Å²) in [5.41, 5.74) is 3.14. The van der Waals surface area contributed by atoms with Crippen molar-refractivity contribution in [2.45, 2.75) is 45.1 Å². The molecule has 4 heteroatoms. The Kier molecular flexibility index (Phi) is 4.91. The number of rotatable bonds is 5. The first-order valence-electron chi connectivity index (χ1n) is 9.64. The van der Waals surface area contributed by atoms with Gasteiger partial charge in [0, 0.05) is 23.9 Å². The van der Waals surface area contributed by atoms with Crippen LogP contribution in [0.4, 0.5) is 0 Å². The SMILES string of the molecule is COc1ccc(/C=C2\CC[C@H](C3CCCC3)C2=O)cc1Cn1cccn1. The Bertz CT molecular complexity index is 802. The number of carbonyl (C=O) groups is 1. The molecule has 0 N–H and O–H groups in total. The predicted molar refractivity (Wildman–Crippen MR) is 102 cm³/mol. The van der Waals surface area contributed by atoms with E-state index in [0.29, 0.717) is 18.2 Å². The molecular formula is C22H26N2O2. The Balaban J connectivity index is 1.55. The summed E-state index contributed by atoms with van der Waals surface area (Å²) in [7, 11) is 1.69. The zero-order valence-electron chi connectivity index (χ0n) is 15.4. The van der Waals surface area contributed by atoms with Gasteiger partial charge in [-0.1, -0.05) is 18.9 Å². The quantitative estimate of drug-likeness (QED) is 0.746. The number of nitrogens with zero attached hydrogens (tertiary/aromatic N) is 2. The first-order valence-corrected chi connectivity index (χ1v) is 9.64. The molecule has 1 atom stereocenters. The van der Waals surface area contributed by atoms with E-state index in [1.54, 1.807) is 13.3 Å². The van der Waals surface area contributed by atoms with Gasteiger partial charge in [-0.2, -0.15) is 5.10 Å². The van der Waals surface area contributed by atoms with Gasteiger partial charge in [0.1, 0.15) is 5.75 Å². The predicted octanol–water partition coefficient (Wildman–Crippen LogP) is 4.49. The van der Waals surface area contributed by atoms with Gasteiger partial charge in [-0.3, -0.25) is 9.48 Å². The van der Waals surface area contributed by atoms with Crippen molar-refractivity contribution in [1.82, 2.24) is 9.78 Å². The monoisotopic (exact) mass is 350 g/mol. The van der Waals surface area contributed by atoms with Crippen LogP contribution in [-0.4, -0.2) is 22.7 Å². The summed E-state index contributed by atoms with van der Waals surface area (Å²) < 4.78 is 7.38. The lowest BCUT2D eigenvalue weighted by atomic mass is 9.88. The lowest BCUT2D eigenvalue weighted by molar-refractivity contribution is -0.119. The summed E-state index contributed by atoms with van der Waals surface area (Å²) in [5.74, 6) is 2.13. The van der Waals surface area contributed by atoms with Crippen LogP contribution in [-0.2, 0) is 11.3 Å². The van der Waals surface area contributed by atoms with E-state index in [-0.39, 0.29) is 5.92 Å². The molecule has 2 aliphatic rings. The number of methoxy groups -OCH3 is 1. The minimum absolute atomic E-state index is 0.269. The molecular weight excluding hydrogens is 324 g/mol. The smallest absolute Gasteiger partial charge is 0.162 e. The molecule has 0 saturated heterocycles. The number of benzene rings is 1. The van der Waals surface area contributed by atoms with E-state index in [4.69, 9.17) is 4.74 Å². The molecule has 0 aliphatic heterocycles. The minimum Gasteiger partial charge on any atom is -0.496 e. The molecule has 0 unspecified atom stereocenters. The van der Waals surface area contributed by atoms with Crippen LogP contribution in [0.3, 0.4) is 0 Å². The highest BCUT2D eigenvalue weighted by molar-refractivity contribution is 6.03. The normalized spacial score (nSPS) is 22.4. The van der Waals surface area contributed by atoms with Crippen LogP contribution in [0.2, 0.25) is 0 Å². The third kappa shape index (κ3) is 3.46. The van der Waals surface area contributed by atoms with Crippen molar-refractivity contribution in [3.05, 3.63) is 53.4 Å². The first kappa shape index (κ1) is 17.1. The lowest BCUT2D eigenvalue weighted by Crippen LogP contribution is -2.16. The number of Topliss-reactive ketones (excluding diaryl/α,β-unsaturated/α-hetero) is 1. The first-order chi connectivity index (χ1) is 12.7. The zero-order chi connectivity index (χ0) is 17.9. The molecule has 0 amide bonds. The van der Waals surface area contributed by atoms with E-state index in [0.717, 1.165) is 35.3 Å². The molecule has 0 bridgehead atoms. The van der Waals surface area contributed by atoms with E-state index in [1.807, 2.05) is 29.1 Å². The Morgan fingerprint density at radius 2 is 2.12 bits per heavy atom. The minimum atomic E-state index is 0.269. The van der Waals surface area contributed by atoms with Crippen LogP contribution in [0.15, 0.2) is 42.2 Å². The third-order valence-electron chi connectivity index (χ3n) is 5.88. The number of carbonyl (C=O) groups excluding carboxylic acids is 1. The second-order valence-corrected chi connectivity index (χ2v) is 7.50. The molecule has 0 spiro atoms. The summed E-state index contributed by atoms with van der Waals surface area (Å²) in [6, 6.07) is 8.05. The van der Waals surface area contributed by atoms with E-state index < -0.39 is 0 Å². The number of hydrogen-bond acceptors (Lipinski definition) is 3. The van der Waals surface area contributed by atoms with Crippen LogP contribution >= 0.6 is 0 Å². The Morgan fingerprint density at radius 1 is 1.27 bits per heavy atom. The summed E-state index contributed by atoms with van der Waals surface area (Å²) in [5, 5.41) is 4.28. The summed E-state index contributed by atoms with van der Waals surface area (Å²) in [4.78, 5) is 12.9. The number of ether oxygens (including phenoxy) is 1. The van der Waals surface area contributed by atoms with E-state index >= 15 is 0 Å². The van der Waals surface area contributed by atoms with Gasteiger partial charge in [-0.15, -0.1) is 0 Å². The molecule has 2 saturated carbocycles. The van der Waals surface area contributed by atoms with Crippen LogP contribution < -0.4 is 4.74 Å². The summed E-state index contributed by atoms with van der Waals surface area (Å²) >= 11 is 0. The van der Waals surface area contributed by atoms with Crippen molar-refractivity contribution in [2.24, 2.45) is 11.8 Å². The van der Waals surface area contributed by atoms with Gasteiger partial charge in [0.25, 0.3) is 0 Å². The van der Waals surface area contributed by atoms with E-state index in [9.17, 15) is 4.79 Å². The van der Waals surface area contributed by atoms with Gasteiger partial charge in [0.2, 0.25) is 0 Å². The van der Waals surface area contributed by atoms with Gasteiger partial charge in [-0.05, 0) is 67.0 Å². The average Bonchev–Trinajstić information content (AvgIpc) is 3.39. The van der Waals surface area contributed by atoms with Crippen LogP contribution in [0.25, 0.3) is 6.08 Å². The number of hydrogen-bond donors (Lipinski definition) is 0. The molecule has 4 rings (SSSR count). The van der Waals surface area contributed by atoms with Crippen LogP contribution in [0.5, 0.6) is 5.75 Å². The second kappa shape index (κ2) is 7.48. The highest BCUT2D eigenvalue weighted by atomic mass is 16.5. The maximum Gasteiger partial charge on any atom is 0.162 e. The van der Waals surface area contributed by atoms with Crippen molar-refractivity contribution in [3.8, 4) is 5.75 Å². The molecule has 2 aliphatic carbocycles. The molecule has 0 radical (unpaired) electrons. The molecule has 2 aromatic rings. The number of allylic oxidation sites excluding steroid dienone is 1. The molecule has 26 heavy (non-hydrogen) atoms. The molecule has 1 aromatic carbocycles. The number of ketones is 1. The van der Waals surface area contributed by atoms with Crippen molar-refractivity contribution < 1.29 is 9.53 Å². The van der Waals surface area contributed by atoms with Crippen LogP contribution in [0, 0.1) is 11.8 Å². The molecule has 2 fully saturated rings. The second-order valence-electron chi connectivity index (χ2n) is 7.50. The topological polar surface area (TPSA) is 44.1 Å². The largest absolute Gasteiger partial charge is 0.496 e. The fourth-order valence-corrected chi connectivity index (χ4v) is 4.54. The fraction of sp³-hybridized carbons (Fsp3) is 0.455. The zero-order valence-corrected chi connectivity index (χ0v) is 15.4. The van der Waals surface area contributed by atoms with Gasteiger partial charge in [0.15, 0.2) is 5.78 Å². The average molecular weight is 350 g/mol. The van der Waals surface area contributed by atoms with Gasteiger partial charge >= 0.3 is 0 Å². The maximum absolute atomic E-state index is 12.9. The van der Waals surface area contributed by atoms with E-state index in [2.05, 4.69) is 17.2 Å². The Labute approximate surface area is 154 Å². The van der Waals surface area contributed by atoms with Crippen molar-refractivity contribution in [3.63, 3.8) is 0 Å². The Hall–Kier alpha value is -2.36. The third-order valence-corrected chi connectivity index (χ3v) is 5.88. The van der Waals surface area contributed by atoms with Gasteiger partial charge in [0.05, 0.1) is 13.7 Å². The fourth-order valence-electron chi connectivity index (χ4n) is 4.54. The standard InChI is InChI=1S/C22H26N2O2/c1-26-21-10-7-16(14-19(21)15-24-12-4-11-23-24)13-18-8-9-20(22(18)25)17-5-2-3-6-17/h4,7,10-14,17,20H,2-3,5-6,8-9,15H2,1H3/b18-13+/t20-/m1/s1. The highest BCUT2D eigenvalue weighted by Crippen LogP contribution is 2.41. The molecule has 4 nitrogen and oxygen atoms in total. The maximum atomic E-state index is 12.9. The molecule has 136 valence electrons. The molecule has 1 heterocycles. The summed E-state index contributed by atoms with van der Waals surface area (Å²) in [6.07, 6.45) is 12.8. The molecule has 1 aromatic heterocycles. The Morgan fingerprint density at radius 3 is 2.85 bits per heavy atom. The van der Waals surface area contributed by atoms with Gasteiger partial charge < -0.3 is 4.74 Å². The van der Waals surface area contributed by atoms with Crippen molar-refractivity contribution >= 4 is 11.9 Å².